The van der Waals surface area contributed by atoms with Crippen molar-refractivity contribution in [2.45, 2.75) is 11.8 Å². The minimum absolute atomic E-state index is 0.0482. The molecule has 8 heteroatoms. The molecule has 0 amide bonds. The Bertz CT molecular complexity index is 628. The Morgan fingerprint density at radius 1 is 1.53 bits per heavy atom. The lowest BCUT2D eigenvalue weighted by atomic mass is 10.2. The summed E-state index contributed by atoms with van der Waals surface area (Å²) in [5.74, 6) is -1.03. The molecule has 104 valence electrons. The predicted molar refractivity (Wildman–Crippen MR) is 67.8 cm³/mol. The number of hydrogen-bond acceptors (Lipinski definition) is 4. The number of rotatable bonds is 5. The van der Waals surface area contributed by atoms with Crippen LogP contribution in [0.4, 0.5) is 10.1 Å². The standard InChI is InChI=1S/C11H13FN2O4S/c1-4-5-13(3)19(17,18)9-6-8(2)11(12)10(7-9)14(15)16/h4,6-7H,1,5H2,2-3H3. The first kappa shape index (κ1) is 15.3. The van der Waals surface area contributed by atoms with Gasteiger partial charge in [-0.15, -0.1) is 6.58 Å². The van der Waals surface area contributed by atoms with E-state index in [0.29, 0.717) is 0 Å². The average Bonchev–Trinajstić information content (AvgIpc) is 2.32. The van der Waals surface area contributed by atoms with Crippen LogP contribution >= 0.6 is 0 Å². The van der Waals surface area contributed by atoms with Crippen LogP contribution in [0.2, 0.25) is 0 Å². The zero-order valence-electron chi connectivity index (χ0n) is 10.5. The van der Waals surface area contributed by atoms with Crippen LogP contribution in [0.15, 0.2) is 29.7 Å². The Balaban J connectivity index is 3.44. The zero-order valence-corrected chi connectivity index (χ0v) is 11.3. The van der Waals surface area contributed by atoms with E-state index in [1.165, 1.54) is 20.0 Å². The second-order valence-electron chi connectivity index (χ2n) is 3.90. The van der Waals surface area contributed by atoms with Crippen molar-refractivity contribution in [2.75, 3.05) is 13.6 Å². The van der Waals surface area contributed by atoms with Crippen LogP contribution in [0, 0.1) is 22.9 Å². The van der Waals surface area contributed by atoms with Crippen LogP contribution in [0.5, 0.6) is 0 Å². The maximum absolute atomic E-state index is 13.5. The SMILES string of the molecule is C=CCN(C)S(=O)(=O)c1cc(C)c(F)c([N+](=O)[O-])c1. The first-order chi connectivity index (χ1) is 8.71. The minimum Gasteiger partial charge on any atom is -0.258 e. The number of sulfonamides is 1. The highest BCUT2D eigenvalue weighted by molar-refractivity contribution is 7.89. The van der Waals surface area contributed by atoms with Crippen molar-refractivity contribution in [3.05, 3.63) is 46.3 Å². The second-order valence-corrected chi connectivity index (χ2v) is 5.95. The fourth-order valence-corrected chi connectivity index (χ4v) is 2.71. The van der Waals surface area contributed by atoms with Gasteiger partial charge in [0.1, 0.15) is 0 Å². The molecule has 0 saturated heterocycles. The van der Waals surface area contributed by atoms with Crippen LogP contribution in [0.3, 0.4) is 0 Å². The number of aryl methyl sites for hydroxylation is 1. The third-order valence-electron chi connectivity index (χ3n) is 2.50. The van der Waals surface area contributed by atoms with E-state index in [9.17, 15) is 22.9 Å². The molecule has 0 N–H and O–H groups in total. The fourth-order valence-electron chi connectivity index (χ4n) is 1.46. The van der Waals surface area contributed by atoms with Crippen LogP contribution in [0.1, 0.15) is 5.56 Å². The molecule has 1 aromatic rings. The molecule has 0 fully saturated rings. The Morgan fingerprint density at radius 2 is 2.11 bits per heavy atom. The van der Waals surface area contributed by atoms with E-state index in [0.717, 1.165) is 16.4 Å². The summed E-state index contributed by atoms with van der Waals surface area (Å²) in [5, 5.41) is 10.7. The van der Waals surface area contributed by atoms with Gasteiger partial charge >= 0.3 is 5.69 Å². The highest BCUT2D eigenvalue weighted by Crippen LogP contribution is 2.26. The molecule has 1 aromatic carbocycles. The van der Waals surface area contributed by atoms with E-state index in [2.05, 4.69) is 6.58 Å². The number of nitro groups is 1. The molecule has 0 aromatic heterocycles. The summed E-state index contributed by atoms with van der Waals surface area (Å²) in [6, 6.07) is 1.79. The van der Waals surface area contributed by atoms with Crippen LogP contribution in [0.25, 0.3) is 0 Å². The Kier molecular flexibility index (Phi) is 4.38. The lowest BCUT2D eigenvalue weighted by Crippen LogP contribution is -2.27. The molecular formula is C11H13FN2O4S. The van der Waals surface area contributed by atoms with Crippen molar-refractivity contribution in [1.82, 2.24) is 4.31 Å². The maximum Gasteiger partial charge on any atom is 0.306 e. The Labute approximate surface area is 110 Å². The summed E-state index contributed by atoms with van der Waals surface area (Å²) in [7, 11) is -2.60. The molecule has 0 bridgehead atoms. The molecule has 0 saturated carbocycles. The Hall–Kier alpha value is -1.80. The van der Waals surface area contributed by atoms with Gasteiger partial charge in [-0.1, -0.05) is 6.08 Å². The van der Waals surface area contributed by atoms with E-state index < -0.39 is 26.5 Å². The van der Waals surface area contributed by atoms with Gasteiger partial charge in [0.2, 0.25) is 15.8 Å². The topological polar surface area (TPSA) is 80.5 Å². The number of nitrogens with zero attached hydrogens (tertiary/aromatic N) is 2. The largest absolute Gasteiger partial charge is 0.306 e. The molecule has 19 heavy (non-hydrogen) atoms. The summed E-state index contributed by atoms with van der Waals surface area (Å²) in [4.78, 5) is 9.42. The van der Waals surface area contributed by atoms with Gasteiger partial charge in [-0.25, -0.2) is 8.42 Å². The summed E-state index contributed by atoms with van der Waals surface area (Å²) < 4.78 is 38.7. The van der Waals surface area contributed by atoms with E-state index in [1.807, 2.05) is 0 Å². The molecule has 0 aliphatic rings. The summed E-state index contributed by atoms with van der Waals surface area (Å²) in [6.45, 7) is 4.73. The number of nitro benzene ring substituents is 1. The molecule has 0 radical (unpaired) electrons. The second kappa shape index (κ2) is 5.45. The third kappa shape index (κ3) is 2.96. The molecular weight excluding hydrogens is 275 g/mol. The number of hydrogen-bond donors (Lipinski definition) is 0. The highest BCUT2D eigenvalue weighted by Gasteiger charge is 2.26. The lowest BCUT2D eigenvalue weighted by molar-refractivity contribution is -0.387. The van der Waals surface area contributed by atoms with Crippen LogP contribution in [-0.2, 0) is 10.0 Å². The molecule has 0 atom stereocenters. The van der Waals surface area contributed by atoms with Crippen molar-refractivity contribution in [2.24, 2.45) is 0 Å². The molecule has 0 aliphatic carbocycles. The molecule has 1 rings (SSSR count). The van der Waals surface area contributed by atoms with Crippen molar-refractivity contribution in [1.29, 1.82) is 0 Å². The maximum atomic E-state index is 13.5. The normalized spacial score (nSPS) is 11.6. The molecule has 0 unspecified atom stereocenters. The lowest BCUT2D eigenvalue weighted by Gasteiger charge is -2.15. The van der Waals surface area contributed by atoms with Crippen molar-refractivity contribution in [3.8, 4) is 0 Å². The van der Waals surface area contributed by atoms with E-state index in [4.69, 9.17) is 0 Å². The smallest absolute Gasteiger partial charge is 0.258 e. The van der Waals surface area contributed by atoms with Crippen molar-refractivity contribution in [3.63, 3.8) is 0 Å². The van der Waals surface area contributed by atoms with Gasteiger partial charge in [0, 0.05) is 19.7 Å². The van der Waals surface area contributed by atoms with Crippen LogP contribution < -0.4 is 0 Å². The van der Waals surface area contributed by atoms with Gasteiger partial charge in [-0.2, -0.15) is 8.70 Å². The number of likely N-dealkylation sites (N-methyl/N-ethyl adjacent to an activating group) is 1. The van der Waals surface area contributed by atoms with Crippen molar-refractivity contribution >= 4 is 15.7 Å². The van der Waals surface area contributed by atoms with E-state index >= 15 is 0 Å². The first-order valence-corrected chi connectivity index (χ1v) is 6.67. The first-order valence-electron chi connectivity index (χ1n) is 5.23. The van der Waals surface area contributed by atoms with Gasteiger partial charge in [-0.05, 0) is 18.6 Å². The Morgan fingerprint density at radius 3 is 2.58 bits per heavy atom. The zero-order chi connectivity index (χ0) is 14.8. The van der Waals surface area contributed by atoms with Crippen molar-refractivity contribution < 1.29 is 17.7 Å². The fraction of sp³-hybridized carbons (Fsp3) is 0.273. The van der Waals surface area contributed by atoms with Crippen LogP contribution in [-0.4, -0.2) is 31.2 Å². The highest BCUT2D eigenvalue weighted by atomic mass is 32.2. The quantitative estimate of drug-likeness (QED) is 0.470. The monoisotopic (exact) mass is 288 g/mol. The summed E-state index contributed by atoms with van der Waals surface area (Å²) in [6.07, 6.45) is 1.38. The number of halogens is 1. The summed E-state index contributed by atoms with van der Waals surface area (Å²) >= 11 is 0. The minimum atomic E-state index is -3.91. The van der Waals surface area contributed by atoms with E-state index in [1.54, 1.807) is 0 Å². The molecule has 0 spiro atoms. The van der Waals surface area contributed by atoms with Gasteiger partial charge in [0.25, 0.3) is 0 Å². The van der Waals surface area contributed by atoms with Gasteiger partial charge in [0.15, 0.2) is 0 Å². The number of benzene rings is 1. The van der Waals surface area contributed by atoms with Gasteiger partial charge < -0.3 is 0 Å². The molecule has 0 heterocycles. The van der Waals surface area contributed by atoms with Gasteiger partial charge in [-0.3, -0.25) is 10.1 Å². The van der Waals surface area contributed by atoms with Gasteiger partial charge in [0.05, 0.1) is 9.82 Å². The summed E-state index contributed by atoms with van der Waals surface area (Å²) in [5.41, 5.74) is -0.953. The predicted octanol–water partition coefficient (Wildman–Crippen LogP) is 1.85. The molecule has 6 nitrogen and oxygen atoms in total. The molecule has 0 aliphatic heterocycles. The van der Waals surface area contributed by atoms with E-state index in [-0.39, 0.29) is 17.0 Å². The third-order valence-corrected chi connectivity index (χ3v) is 4.30. The average molecular weight is 288 g/mol.